The third-order valence-electron chi connectivity index (χ3n) is 2.70. The van der Waals surface area contributed by atoms with Gasteiger partial charge in [-0.2, -0.15) is 13.2 Å². The van der Waals surface area contributed by atoms with E-state index in [2.05, 4.69) is 14.5 Å². The summed E-state index contributed by atoms with van der Waals surface area (Å²) in [7, 11) is 0. The smallest absolute Gasteiger partial charge is 0.454 e. The summed E-state index contributed by atoms with van der Waals surface area (Å²) in [5, 5.41) is 0.245. The van der Waals surface area contributed by atoms with Gasteiger partial charge in [0.15, 0.2) is 5.78 Å². The van der Waals surface area contributed by atoms with Crippen molar-refractivity contribution in [2.45, 2.75) is 18.6 Å². The Kier molecular flexibility index (Phi) is 8.00. The predicted octanol–water partition coefficient (Wildman–Crippen LogP) is 2.00. The number of rotatable bonds is 6. The lowest BCUT2D eigenvalue weighted by atomic mass is 10.1. The number of Topliss-reactive ketones (excluding diaryl/α,β-unsaturated/α-hetero) is 1. The molecule has 0 heterocycles. The van der Waals surface area contributed by atoms with Gasteiger partial charge in [0.1, 0.15) is 12.6 Å². The van der Waals surface area contributed by atoms with E-state index in [1.165, 1.54) is 18.2 Å². The highest BCUT2D eigenvalue weighted by Crippen LogP contribution is 2.21. The predicted molar refractivity (Wildman–Crippen MR) is 82.6 cm³/mol. The van der Waals surface area contributed by atoms with Gasteiger partial charge in [0.05, 0.1) is 10.6 Å². The van der Waals surface area contributed by atoms with Crippen molar-refractivity contribution in [3.8, 4) is 0 Å². The maximum Gasteiger partial charge on any atom is 0.495 e. The van der Waals surface area contributed by atoms with E-state index in [4.69, 9.17) is 28.9 Å². The monoisotopic (exact) mass is 431 g/mol. The number of halogens is 5. The minimum absolute atomic E-state index is 0.0216. The fourth-order valence-corrected chi connectivity index (χ4v) is 1.94. The molecule has 1 unspecified atom stereocenters. The SMILES string of the molecule is NC(CC(=O)COC(=O)c1ccc(Cl)cc1Cl)C(=O)OOC(=O)C(F)(F)F. The molecule has 1 atom stereocenters. The first-order valence-electron chi connectivity index (χ1n) is 6.80. The molecule has 1 rings (SSSR count). The third-order valence-corrected chi connectivity index (χ3v) is 3.24. The highest BCUT2D eigenvalue weighted by atomic mass is 35.5. The normalized spacial score (nSPS) is 12.1. The number of ketones is 1. The molecule has 0 aliphatic carbocycles. The molecule has 0 aromatic heterocycles. The number of carbonyl (C=O) groups excluding carboxylic acids is 4. The molecule has 0 amide bonds. The van der Waals surface area contributed by atoms with E-state index >= 15 is 0 Å². The number of benzene rings is 1. The Morgan fingerprint density at radius 1 is 1.11 bits per heavy atom. The molecule has 13 heteroatoms. The standard InChI is InChI=1S/C14H10Cl2F3NO7/c15-6-1-2-8(9(16)3-6)11(22)25-5-7(21)4-10(20)12(23)26-27-13(24)14(17,18)19/h1-3,10H,4-5,20H2. The lowest BCUT2D eigenvalue weighted by Gasteiger charge is -2.10. The molecule has 27 heavy (non-hydrogen) atoms. The van der Waals surface area contributed by atoms with Gasteiger partial charge in [-0.25, -0.2) is 24.2 Å². The van der Waals surface area contributed by atoms with Crippen molar-refractivity contribution in [2.24, 2.45) is 5.73 Å². The average Bonchev–Trinajstić information content (AvgIpc) is 2.56. The molecule has 1 aromatic rings. The van der Waals surface area contributed by atoms with Gasteiger partial charge in [0.2, 0.25) is 0 Å². The molecule has 0 bridgehead atoms. The zero-order valence-corrected chi connectivity index (χ0v) is 14.6. The molecule has 0 saturated carbocycles. The number of ether oxygens (including phenoxy) is 1. The second kappa shape index (κ2) is 9.53. The Morgan fingerprint density at radius 3 is 2.30 bits per heavy atom. The van der Waals surface area contributed by atoms with Crippen LogP contribution in [0.1, 0.15) is 16.8 Å². The number of alkyl halides is 3. The Labute approximate surface area is 159 Å². The van der Waals surface area contributed by atoms with Crippen LogP contribution in [0.2, 0.25) is 10.0 Å². The van der Waals surface area contributed by atoms with Crippen LogP contribution in [0.3, 0.4) is 0 Å². The minimum Gasteiger partial charge on any atom is -0.454 e. The topological polar surface area (TPSA) is 122 Å². The first kappa shape index (κ1) is 22.7. The molecule has 0 radical (unpaired) electrons. The lowest BCUT2D eigenvalue weighted by molar-refractivity contribution is -0.286. The van der Waals surface area contributed by atoms with Crippen LogP contribution >= 0.6 is 23.2 Å². The van der Waals surface area contributed by atoms with Crippen LogP contribution in [0.15, 0.2) is 18.2 Å². The van der Waals surface area contributed by atoms with Crippen LogP contribution in [0.5, 0.6) is 0 Å². The number of esters is 1. The van der Waals surface area contributed by atoms with Gasteiger partial charge in [0.25, 0.3) is 0 Å². The van der Waals surface area contributed by atoms with Crippen molar-refractivity contribution in [1.29, 1.82) is 0 Å². The summed E-state index contributed by atoms with van der Waals surface area (Å²) in [6.07, 6.45) is -6.14. The maximum absolute atomic E-state index is 11.9. The number of carbonyl (C=O) groups is 4. The van der Waals surface area contributed by atoms with Gasteiger partial charge in [-0.15, -0.1) is 0 Å². The fourth-order valence-electron chi connectivity index (χ4n) is 1.45. The van der Waals surface area contributed by atoms with Gasteiger partial charge in [-0.1, -0.05) is 23.2 Å². The number of hydrogen-bond donors (Lipinski definition) is 1. The molecule has 0 aliphatic heterocycles. The first-order valence-corrected chi connectivity index (χ1v) is 7.56. The van der Waals surface area contributed by atoms with Crippen molar-refractivity contribution >= 4 is 46.9 Å². The van der Waals surface area contributed by atoms with Crippen molar-refractivity contribution in [3.63, 3.8) is 0 Å². The molecule has 8 nitrogen and oxygen atoms in total. The van der Waals surface area contributed by atoms with E-state index in [0.29, 0.717) is 0 Å². The average molecular weight is 432 g/mol. The van der Waals surface area contributed by atoms with Crippen LogP contribution in [0.25, 0.3) is 0 Å². The molecule has 148 valence electrons. The zero-order chi connectivity index (χ0) is 20.8. The molecule has 0 saturated heterocycles. The van der Waals surface area contributed by atoms with Crippen molar-refractivity contribution in [3.05, 3.63) is 33.8 Å². The van der Waals surface area contributed by atoms with Gasteiger partial charge < -0.3 is 10.5 Å². The fraction of sp³-hybridized carbons (Fsp3) is 0.286. The second-order valence-electron chi connectivity index (χ2n) is 4.82. The molecular formula is C14H10Cl2F3NO7. The Morgan fingerprint density at radius 2 is 1.74 bits per heavy atom. The molecule has 0 fully saturated rings. The minimum atomic E-state index is -5.38. The quantitative estimate of drug-likeness (QED) is 0.412. The number of nitrogens with two attached hydrogens (primary N) is 1. The maximum atomic E-state index is 11.9. The van der Waals surface area contributed by atoms with Crippen LogP contribution in [0, 0.1) is 0 Å². The van der Waals surface area contributed by atoms with E-state index in [0.717, 1.165) is 0 Å². The first-order chi connectivity index (χ1) is 12.4. The largest absolute Gasteiger partial charge is 0.495 e. The van der Waals surface area contributed by atoms with Crippen molar-refractivity contribution in [1.82, 2.24) is 0 Å². The molecule has 2 N–H and O–H groups in total. The molecule has 0 spiro atoms. The lowest BCUT2D eigenvalue weighted by Crippen LogP contribution is -2.37. The summed E-state index contributed by atoms with van der Waals surface area (Å²) in [5.41, 5.74) is 5.15. The molecular weight excluding hydrogens is 422 g/mol. The summed E-state index contributed by atoms with van der Waals surface area (Å²) in [6, 6.07) is 2.14. The van der Waals surface area contributed by atoms with Gasteiger partial charge in [0, 0.05) is 11.4 Å². The van der Waals surface area contributed by atoms with E-state index < -0.39 is 48.9 Å². The summed E-state index contributed by atoms with van der Waals surface area (Å²) in [4.78, 5) is 51.9. The highest BCUT2D eigenvalue weighted by Gasteiger charge is 2.43. The summed E-state index contributed by atoms with van der Waals surface area (Å²) >= 11 is 11.4. The van der Waals surface area contributed by atoms with Crippen molar-refractivity contribution < 1.29 is 46.9 Å². The number of hydrogen-bond acceptors (Lipinski definition) is 8. The summed E-state index contributed by atoms with van der Waals surface area (Å²) in [5.74, 6) is -6.20. The van der Waals surface area contributed by atoms with E-state index in [1.54, 1.807) is 0 Å². The third kappa shape index (κ3) is 7.41. The zero-order valence-electron chi connectivity index (χ0n) is 13.0. The van der Waals surface area contributed by atoms with Gasteiger partial charge in [-0.3, -0.25) is 4.79 Å². The van der Waals surface area contributed by atoms with Crippen molar-refractivity contribution in [2.75, 3.05) is 6.61 Å². The van der Waals surface area contributed by atoms with Gasteiger partial charge >= 0.3 is 24.1 Å². The highest BCUT2D eigenvalue weighted by molar-refractivity contribution is 6.36. The Balaban J connectivity index is 2.46. The Hall–Kier alpha value is -2.37. The Bertz CT molecular complexity index is 755. The summed E-state index contributed by atoms with van der Waals surface area (Å²) in [6.45, 7) is -0.804. The van der Waals surface area contributed by atoms with Crippen LogP contribution in [-0.4, -0.2) is 42.5 Å². The van der Waals surface area contributed by atoms with E-state index in [9.17, 15) is 32.3 Å². The molecule has 1 aromatic carbocycles. The second-order valence-corrected chi connectivity index (χ2v) is 5.66. The van der Waals surface area contributed by atoms with Crippen LogP contribution in [-0.2, 0) is 28.9 Å². The van der Waals surface area contributed by atoms with Crippen LogP contribution in [0.4, 0.5) is 13.2 Å². The van der Waals surface area contributed by atoms with Gasteiger partial charge in [-0.05, 0) is 18.2 Å². The van der Waals surface area contributed by atoms with Crippen LogP contribution < -0.4 is 5.73 Å². The summed E-state index contributed by atoms with van der Waals surface area (Å²) < 4.78 is 40.3. The van der Waals surface area contributed by atoms with E-state index in [1.807, 2.05) is 0 Å². The molecule has 0 aliphatic rings. The van der Waals surface area contributed by atoms with E-state index in [-0.39, 0.29) is 15.6 Å².